The van der Waals surface area contributed by atoms with Crippen LogP contribution in [0, 0.1) is 0 Å². The molecule has 0 saturated carbocycles. The summed E-state index contributed by atoms with van der Waals surface area (Å²) in [5, 5.41) is 7.90. The Morgan fingerprint density at radius 1 is 1.05 bits per heavy atom. The molecule has 1 aliphatic rings. The van der Waals surface area contributed by atoms with Crippen molar-refractivity contribution >= 4 is 22.5 Å². The number of urea groups is 1. The highest BCUT2D eigenvalue weighted by Gasteiger charge is 2.14. The molecule has 102 valence electrons. The Morgan fingerprint density at radius 2 is 1.95 bits per heavy atom. The van der Waals surface area contributed by atoms with Crippen LogP contribution in [-0.4, -0.2) is 11.0 Å². The van der Waals surface area contributed by atoms with Crippen LogP contribution in [0.5, 0.6) is 0 Å². The van der Waals surface area contributed by atoms with Crippen molar-refractivity contribution in [1.82, 2.24) is 10.3 Å². The van der Waals surface area contributed by atoms with Gasteiger partial charge in [-0.25, -0.2) is 4.79 Å². The van der Waals surface area contributed by atoms with Gasteiger partial charge in [-0.2, -0.15) is 0 Å². The second-order valence-corrected chi connectivity index (χ2v) is 5.09. The predicted molar refractivity (Wildman–Crippen MR) is 83.0 cm³/mol. The van der Waals surface area contributed by atoms with Gasteiger partial charge in [-0.3, -0.25) is 4.98 Å². The van der Waals surface area contributed by atoms with E-state index in [0.717, 1.165) is 27.8 Å². The van der Waals surface area contributed by atoms with Crippen LogP contribution in [0.15, 0.2) is 54.9 Å². The summed E-state index contributed by atoms with van der Waals surface area (Å²) in [4.78, 5) is 15.7. The summed E-state index contributed by atoms with van der Waals surface area (Å²) in [5.74, 6) is 0. The molecule has 4 heteroatoms. The van der Waals surface area contributed by atoms with E-state index >= 15 is 0 Å². The van der Waals surface area contributed by atoms with E-state index < -0.39 is 0 Å². The lowest BCUT2D eigenvalue weighted by Gasteiger charge is -2.19. The smallest absolute Gasteiger partial charge is 0.319 e. The number of nitrogens with one attached hydrogen (secondary N) is 2. The van der Waals surface area contributed by atoms with E-state index in [0.29, 0.717) is 6.54 Å². The molecule has 2 aromatic carbocycles. The van der Waals surface area contributed by atoms with Gasteiger partial charge >= 0.3 is 6.03 Å². The zero-order chi connectivity index (χ0) is 14.2. The van der Waals surface area contributed by atoms with Gasteiger partial charge in [0.25, 0.3) is 0 Å². The minimum atomic E-state index is -0.151. The summed E-state index contributed by atoms with van der Waals surface area (Å²) in [6.45, 7) is 0.549. The van der Waals surface area contributed by atoms with Crippen molar-refractivity contribution in [2.75, 3.05) is 5.32 Å². The van der Waals surface area contributed by atoms with Crippen molar-refractivity contribution in [3.63, 3.8) is 0 Å². The van der Waals surface area contributed by atoms with Crippen molar-refractivity contribution in [2.24, 2.45) is 0 Å². The second kappa shape index (κ2) is 4.59. The van der Waals surface area contributed by atoms with E-state index in [2.05, 4.69) is 33.8 Å². The molecule has 0 aliphatic carbocycles. The number of nitrogens with zero attached hydrogens (tertiary/aromatic N) is 1. The number of carbonyl (C=O) groups is 1. The van der Waals surface area contributed by atoms with Crippen LogP contribution >= 0.6 is 0 Å². The van der Waals surface area contributed by atoms with Crippen LogP contribution in [0.4, 0.5) is 10.5 Å². The third-order valence-corrected chi connectivity index (χ3v) is 3.77. The first kappa shape index (κ1) is 11.9. The summed E-state index contributed by atoms with van der Waals surface area (Å²) in [7, 11) is 0. The van der Waals surface area contributed by atoms with E-state index in [1.807, 2.05) is 36.7 Å². The van der Waals surface area contributed by atoms with E-state index in [9.17, 15) is 4.79 Å². The fourth-order valence-corrected chi connectivity index (χ4v) is 2.72. The molecule has 0 unspecified atom stereocenters. The van der Waals surface area contributed by atoms with E-state index in [-0.39, 0.29) is 6.03 Å². The largest absolute Gasteiger partial charge is 0.334 e. The van der Waals surface area contributed by atoms with Gasteiger partial charge in [-0.05, 0) is 28.6 Å². The van der Waals surface area contributed by atoms with Crippen LogP contribution in [0.25, 0.3) is 21.9 Å². The maximum Gasteiger partial charge on any atom is 0.319 e. The number of rotatable bonds is 1. The molecule has 0 radical (unpaired) electrons. The predicted octanol–water partition coefficient (Wildman–Crippen LogP) is 3.54. The zero-order valence-corrected chi connectivity index (χ0v) is 11.3. The minimum absolute atomic E-state index is 0.151. The molecule has 21 heavy (non-hydrogen) atoms. The minimum Gasteiger partial charge on any atom is -0.334 e. The molecule has 4 nitrogen and oxygen atoms in total. The maximum atomic E-state index is 11.3. The number of carbonyl (C=O) groups excluding carboxylic acids is 1. The molecule has 0 atom stereocenters. The highest BCUT2D eigenvalue weighted by Crippen LogP contribution is 2.31. The van der Waals surface area contributed by atoms with Crippen LogP contribution in [0.3, 0.4) is 0 Å². The topological polar surface area (TPSA) is 54.0 Å². The summed E-state index contributed by atoms with van der Waals surface area (Å²) in [6.07, 6.45) is 3.76. The second-order valence-electron chi connectivity index (χ2n) is 5.09. The first-order valence-electron chi connectivity index (χ1n) is 6.82. The number of hydrogen-bond donors (Lipinski definition) is 2. The van der Waals surface area contributed by atoms with E-state index in [4.69, 9.17) is 0 Å². The van der Waals surface area contributed by atoms with Crippen LogP contribution < -0.4 is 10.6 Å². The lowest BCUT2D eigenvalue weighted by Crippen LogP contribution is -2.33. The average Bonchev–Trinajstić information content (AvgIpc) is 2.54. The highest BCUT2D eigenvalue weighted by atomic mass is 16.2. The number of aromatic nitrogens is 1. The summed E-state index contributed by atoms with van der Waals surface area (Å²) < 4.78 is 0. The third-order valence-electron chi connectivity index (χ3n) is 3.77. The van der Waals surface area contributed by atoms with Gasteiger partial charge < -0.3 is 10.6 Å². The Labute approximate surface area is 121 Å². The van der Waals surface area contributed by atoms with Crippen molar-refractivity contribution in [2.45, 2.75) is 6.54 Å². The van der Waals surface area contributed by atoms with Crippen molar-refractivity contribution < 1.29 is 4.79 Å². The van der Waals surface area contributed by atoms with Gasteiger partial charge in [-0.15, -0.1) is 0 Å². The third kappa shape index (κ3) is 2.01. The summed E-state index contributed by atoms with van der Waals surface area (Å²) in [6, 6.07) is 14.1. The van der Waals surface area contributed by atoms with Gasteiger partial charge in [0, 0.05) is 35.6 Å². The maximum absolute atomic E-state index is 11.3. The monoisotopic (exact) mass is 275 g/mol. The molecule has 2 amide bonds. The standard InChI is InChI=1S/C17H13N3O/c21-17-19-9-13-7-11(5-6-16(13)20-17)15-10-18-8-12-3-1-2-4-14(12)15/h1-8,10H,9H2,(H2,19,20,21). The van der Waals surface area contributed by atoms with Crippen LogP contribution in [0.2, 0.25) is 0 Å². The number of anilines is 1. The lowest BCUT2D eigenvalue weighted by atomic mass is 9.98. The first-order chi connectivity index (χ1) is 10.3. The molecule has 0 fully saturated rings. The molecule has 0 bridgehead atoms. The number of pyridine rings is 1. The molecule has 3 aromatic rings. The molecular weight excluding hydrogens is 262 g/mol. The Morgan fingerprint density at radius 3 is 2.90 bits per heavy atom. The quantitative estimate of drug-likeness (QED) is 0.713. The van der Waals surface area contributed by atoms with Gasteiger partial charge in [0.05, 0.1) is 0 Å². The van der Waals surface area contributed by atoms with Gasteiger partial charge in [-0.1, -0.05) is 30.3 Å². The van der Waals surface area contributed by atoms with Gasteiger partial charge in [0.15, 0.2) is 0 Å². The molecule has 2 N–H and O–H groups in total. The highest BCUT2D eigenvalue weighted by molar-refractivity contribution is 5.97. The number of fused-ring (bicyclic) bond motifs is 2. The summed E-state index contributed by atoms with van der Waals surface area (Å²) in [5.41, 5.74) is 4.17. The Bertz CT molecular complexity index is 852. The lowest BCUT2D eigenvalue weighted by molar-refractivity contribution is 0.251. The van der Waals surface area contributed by atoms with Crippen molar-refractivity contribution in [3.8, 4) is 11.1 Å². The van der Waals surface area contributed by atoms with Crippen molar-refractivity contribution in [3.05, 3.63) is 60.4 Å². The molecule has 1 aromatic heterocycles. The molecule has 0 spiro atoms. The van der Waals surface area contributed by atoms with Crippen molar-refractivity contribution in [1.29, 1.82) is 0 Å². The SMILES string of the molecule is O=C1NCc2cc(-c3cncc4ccccc34)ccc2N1. The molecule has 2 heterocycles. The Balaban J connectivity index is 1.88. The van der Waals surface area contributed by atoms with E-state index in [1.165, 1.54) is 5.39 Å². The van der Waals surface area contributed by atoms with Crippen LogP contribution in [-0.2, 0) is 6.54 Å². The van der Waals surface area contributed by atoms with Gasteiger partial charge in [0.2, 0.25) is 0 Å². The van der Waals surface area contributed by atoms with Crippen LogP contribution in [0.1, 0.15) is 5.56 Å². The molecular formula is C17H13N3O. The molecule has 0 saturated heterocycles. The number of hydrogen-bond acceptors (Lipinski definition) is 2. The van der Waals surface area contributed by atoms with Gasteiger partial charge in [0.1, 0.15) is 0 Å². The molecule has 4 rings (SSSR count). The average molecular weight is 275 g/mol. The fraction of sp³-hybridized carbons (Fsp3) is 0.0588. The molecule has 1 aliphatic heterocycles. The number of benzene rings is 2. The zero-order valence-electron chi connectivity index (χ0n) is 11.3. The normalized spacial score (nSPS) is 13.4. The first-order valence-corrected chi connectivity index (χ1v) is 6.82. The fourth-order valence-electron chi connectivity index (χ4n) is 2.72. The summed E-state index contributed by atoms with van der Waals surface area (Å²) >= 11 is 0. The Kier molecular flexibility index (Phi) is 2.60. The van der Waals surface area contributed by atoms with E-state index in [1.54, 1.807) is 0 Å². The number of amides is 2. The Hall–Kier alpha value is -2.88.